The third-order valence-corrected chi connectivity index (χ3v) is 7.92. The lowest BCUT2D eigenvalue weighted by atomic mass is 9.85. The minimum absolute atomic E-state index is 0.0925. The van der Waals surface area contributed by atoms with Crippen LogP contribution < -0.4 is 0 Å². The summed E-state index contributed by atoms with van der Waals surface area (Å²) in [6.45, 7) is 0. The number of carboxylic acids is 1. The predicted octanol–water partition coefficient (Wildman–Crippen LogP) is 2.70. The van der Waals surface area contributed by atoms with E-state index in [0.29, 0.717) is 6.42 Å². The summed E-state index contributed by atoms with van der Waals surface area (Å²) in [7, 11) is -3.88. The summed E-state index contributed by atoms with van der Waals surface area (Å²) < 4.78 is 28.4. The molecule has 2 aliphatic rings. The number of nitrogens with zero attached hydrogens (tertiary/aromatic N) is 2. The van der Waals surface area contributed by atoms with Crippen LogP contribution >= 0.6 is 11.3 Å². The number of pyridine rings is 1. The summed E-state index contributed by atoms with van der Waals surface area (Å²) in [6.07, 6.45) is 5.39. The third kappa shape index (κ3) is 2.44. The smallest absolute Gasteiger partial charge is 0.322 e. The summed E-state index contributed by atoms with van der Waals surface area (Å²) in [5.74, 6) is -0.911. The normalized spacial score (nSPS) is 28.1. The molecule has 0 amide bonds. The van der Waals surface area contributed by atoms with Crippen molar-refractivity contribution < 1.29 is 18.3 Å². The largest absolute Gasteiger partial charge is 0.480 e. The van der Waals surface area contributed by atoms with Crippen molar-refractivity contribution in [1.82, 2.24) is 9.29 Å². The van der Waals surface area contributed by atoms with Crippen molar-refractivity contribution in [2.24, 2.45) is 5.92 Å². The maximum atomic E-state index is 13.2. The zero-order valence-electron chi connectivity index (χ0n) is 13.0. The topological polar surface area (TPSA) is 87.6 Å². The van der Waals surface area contributed by atoms with Crippen molar-refractivity contribution in [2.45, 2.75) is 49.1 Å². The van der Waals surface area contributed by atoms with Gasteiger partial charge in [-0.3, -0.25) is 9.78 Å². The molecule has 1 saturated heterocycles. The molecule has 1 saturated carbocycles. The summed E-state index contributed by atoms with van der Waals surface area (Å²) in [5.41, 5.74) is 0.755. The van der Waals surface area contributed by atoms with Crippen molar-refractivity contribution in [3.05, 3.63) is 23.7 Å². The molecule has 1 aliphatic heterocycles. The average Bonchev–Trinajstić information content (AvgIpc) is 3.18. The van der Waals surface area contributed by atoms with E-state index in [4.69, 9.17) is 0 Å². The fourth-order valence-corrected chi connectivity index (χ4v) is 6.76. The Morgan fingerprint density at radius 2 is 2.12 bits per heavy atom. The van der Waals surface area contributed by atoms with Crippen LogP contribution in [0.1, 0.15) is 32.1 Å². The standard InChI is InChI=1S/C16H18N2O4S2/c19-16(20)14-7-10-3-1-2-4-13(10)18(14)24(21,22)11-8-15-12(17-9-11)5-6-23-15/h5-6,8-10,13-14H,1-4,7H2,(H,19,20). The molecule has 128 valence electrons. The van der Waals surface area contributed by atoms with Crippen LogP contribution in [0.2, 0.25) is 0 Å². The first-order valence-electron chi connectivity index (χ1n) is 8.08. The van der Waals surface area contributed by atoms with Crippen molar-refractivity contribution in [1.29, 1.82) is 0 Å². The quantitative estimate of drug-likeness (QED) is 0.902. The van der Waals surface area contributed by atoms with Gasteiger partial charge in [0.1, 0.15) is 10.9 Å². The summed E-state index contributed by atoms with van der Waals surface area (Å²) in [5, 5.41) is 11.4. The van der Waals surface area contributed by atoms with Crippen molar-refractivity contribution >= 4 is 37.5 Å². The summed E-state index contributed by atoms with van der Waals surface area (Å²) in [4.78, 5) is 16.0. The molecule has 3 heterocycles. The number of thiophene rings is 1. The van der Waals surface area contributed by atoms with Gasteiger partial charge in [0.15, 0.2) is 0 Å². The Balaban J connectivity index is 1.79. The number of sulfonamides is 1. The molecule has 0 bridgehead atoms. The van der Waals surface area contributed by atoms with Gasteiger partial charge in [-0.1, -0.05) is 12.8 Å². The van der Waals surface area contributed by atoms with Gasteiger partial charge < -0.3 is 5.11 Å². The van der Waals surface area contributed by atoms with Crippen molar-refractivity contribution in [2.75, 3.05) is 0 Å². The van der Waals surface area contributed by atoms with Crippen LogP contribution in [0.25, 0.3) is 10.2 Å². The van der Waals surface area contributed by atoms with Crippen LogP contribution in [-0.4, -0.2) is 40.9 Å². The molecule has 3 unspecified atom stereocenters. The molecule has 1 aliphatic carbocycles. The van der Waals surface area contributed by atoms with Gasteiger partial charge in [0, 0.05) is 12.2 Å². The Morgan fingerprint density at radius 3 is 2.92 bits per heavy atom. The zero-order chi connectivity index (χ0) is 16.9. The number of aromatic nitrogens is 1. The molecule has 2 aromatic heterocycles. The van der Waals surface area contributed by atoms with Crippen LogP contribution in [0.3, 0.4) is 0 Å². The van der Waals surface area contributed by atoms with E-state index < -0.39 is 22.0 Å². The zero-order valence-corrected chi connectivity index (χ0v) is 14.6. The first-order valence-corrected chi connectivity index (χ1v) is 10.4. The molecular formula is C16H18N2O4S2. The van der Waals surface area contributed by atoms with Gasteiger partial charge in [-0.2, -0.15) is 4.31 Å². The SMILES string of the molecule is O=C(O)C1CC2CCCCC2N1S(=O)(=O)c1cnc2ccsc2c1. The Kier molecular flexibility index (Phi) is 3.85. The molecule has 4 rings (SSSR count). The van der Waals surface area contributed by atoms with Crippen molar-refractivity contribution in [3.8, 4) is 0 Å². The predicted molar refractivity (Wildman–Crippen MR) is 90.4 cm³/mol. The fraction of sp³-hybridized carbons (Fsp3) is 0.500. The van der Waals surface area contributed by atoms with Gasteiger partial charge in [-0.15, -0.1) is 11.3 Å². The highest BCUT2D eigenvalue weighted by Crippen LogP contribution is 2.43. The summed E-state index contributed by atoms with van der Waals surface area (Å²) in [6, 6.07) is 2.27. The lowest BCUT2D eigenvalue weighted by Crippen LogP contribution is -2.46. The Hall–Kier alpha value is -1.51. The van der Waals surface area contributed by atoms with Crippen LogP contribution in [0.5, 0.6) is 0 Å². The number of carboxylic acid groups (broad SMARTS) is 1. The van der Waals surface area contributed by atoms with Crippen molar-refractivity contribution in [3.63, 3.8) is 0 Å². The van der Waals surface area contributed by atoms with Gasteiger partial charge >= 0.3 is 5.97 Å². The van der Waals surface area contributed by atoms with Gasteiger partial charge in [0.2, 0.25) is 10.0 Å². The monoisotopic (exact) mass is 366 g/mol. The minimum atomic E-state index is -3.88. The van der Waals surface area contributed by atoms with Crippen LogP contribution in [0.4, 0.5) is 0 Å². The van der Waals surface area contributed by atoms with E-state index in [0.717, 1.165) is 35.9 Å². The highest BCUT2D eigenvalue weighted by molar-refractivity contribution is 7.89. The second kappa shape index (κ2) is 5.79. The molecule has 2 aromatic rings. The maximum Gasteiger partial charge on any atom is 0.322 e. The molecule has 0 radical (unpaired) electrons. The molecule has 0 spiro atoms. The highest BCUT2D eigenvalue weighted by Gasteiger charge is 2.51. The van der Waals surface area contributed by atoms with E-state index in [9.17, 15) is 18.3 Å². The molecule has 24 heavy (non-hydrogen) atoms. The number of aliphatic carboxylic acids is 1. The Bertz CT molecular complexity index is 892. The van der Waals surface area contributed by atoms with E-state index in [1.807, 2.05) is 11.4 Å². The molecule has 0 aromatic carbocycles. The van der Waals surface area contributed by atoms with Crippen LogP contribution in [0.15, 0.2) is 28.6 Å². The second-order valence-electron chi connectivity index (χ2n) is 6.51. The lowest BCUT2D eigenvalue weighted by Gasteiger charge is -2.32. The number of carbonyl (C=O) groups is 1. The molecule has 1 N–H and O–H groups in total. The molecule has 6 nitrogen and oxygen atoms in total. The second-order valence-corrected chi connectivity index (χ2v) is 9.30. The average molecular weight is 366 g/mol. The molecule has 3 atom stereocenters. The van der Waals surface area contributed by atoms with E-state index >= 15 is 0 Å². The van der Waals surface area contributed by atoms with E-state index in [2.05, 4.69) is 4.98 Å². The third-order valence-electron chi connectivity index (χ3n) is 5.17. The number of rotatable bonds is 3. The number of fused-ring (bicyclic) bond motifs is 2. The van der Waals surface area contributed by atoms with E-state index in [1.54, 1.807) is 6.07 Å². The first-order chi connectivity index (χ1) is 11.5. The summed E-state index contributed by atoms with van der Waals surface area (Å²) >= 11 is 1.43. The molecule has 8 heteroatoms. The Labute approximate surface area is 144 Å². The molecule has 2 fully saturated rings. The minimum Gasteiger partial charge on any atom is -0.480 e. The van der Waals surface area contributed by atoms with Crippen LogP contribution in [-0.2, 0) is 14.8 Å². The molecular weight excluding hydrogens is 348 g/mol. The van der Waals surface area contributed by atoms with Gasteiger partial charge in [-0.25, -0.2) is 8.42 Å². The number of hydrogen-bond donors (Lipinski definition) is 1. The van der Waals surface area contributed by atoms with Crippen LogP contribution in [0, 0.1) is 5.92 Å². The fourth-order valence-electron chi connectivity index (χ4n) is 4.07. The lowest BCUT2D eigenvalue weighted by molar-refractivity contribution is -0.141. The number of hydrogen-bond acceptors (Lipinski definition) is 5. The van der Waals surface area contributed by atoms with Gasteiger partial charge in [0.25, 0.3) is 0 Å². The Morgan fingerprint density at radius 1 is 1.33 bits per heavy atom. The maximum absolute atomic E-state index is 13.2. The first kappa shape index (κ1) is 16.0. The van der Waals surface area contributed by atoms with Gasteiger partial charge in [-0.05, 0) is 42.7 Å². The van der Waals surface area contributed by atoms with Gasteiger partial charge in [0.05, 0.1) is 10.2 Å². The van der Waals surface area contributed by atoms with E-state index in [-0.39, 0.29) is 16.9 Å². The highest BCUT2D eigenvalue weighted by atomic mass is 32.2. The van der Waals surface area contributed by atoms with E-state index in [1.165, 1.54) is 21.8 Å².